The van der Waals surface area contributed by atoms with Gasteiger partial charge in [-0.25, -0.2) is 0 Å². The molecule has 0 aliphatic heterocycles. The van der Waals surface area contributed by atoms with Gasteiger partial charge < -0.3 is 9.47 Å². The van der Waals surface area contributed by atoms with Gasteiger partial charge in [-0.05, 0) is 29.8 Å². The summed E-state index contributed by atoms with van der Waals surface area (Å²) in [5, 5.41) is 2.08. The van der Waals surface area contributed by atoms with E-state index in [-0.39, 0.29) is 12.8 Å². The third-order valence-corrected chi connectivity index (χ3v) is 3.51. The molecule has 2 amide bonds. The lowest BCUT2D eigenvalue weighted by atomic mass is 10.1. The van der Waals surface area contributed by atoms with Crippen LogP contribution in [-0.4, -0.2) is 31.0 Å². The number of amides is 2. The van der Waals surface area contributed by atoms with Crippen LogP contribution < -0.4 is 15.6 Å². The fourth-order valence-electron chi connectivity index (χ4n) is 2.11. The Kier molecular flexibility index (Phi) is 6.33. The average molecular weight is 344 g/mol. The van der Waals surface area contributed by atoms with Crippen LogP contribution in [0.5, 0.6) is 5.75 Å². The third-order valence-electron chi connectivity index (χ3n) is 3.51. The molecule has 0 aromatic heterocycles. The van der Waals surface area contributed by atoms with E-state index in [0.717, 1.165) is 10.8 Å². The van der Waals surface area contributed by atoms with Crippen LogP contribution in [-0.2, 0) is 19.1 Å². The third kappa shape index (κ3) is 5.49. The molecule has 0 radical (unpaired) electrons. The topological polar surface area (TPSA) is 93.7 Å². The van der Waals surface area contributed by atoms with Crippen molar-refractivity contribution in [2.75, 3.05) is 7.11 Å². The number of nitrogens with one attached hydrogen (secondary N) is 2. The van der Waals surface area contributed by atoms with Gasteiger partial charge in [0.15, 0.2) is 6.10 Å². The quantitative estimate of drug-likeness (QED) is 0.615. The Hall–Kier alpha value is -3.09. The zero-order valence-electron chi connectivity index (χ0n) is 14.1. The molecule has 0 saturated carbocycles. The van der Waals surface area contributed by atoms with Gasteiger partial charge in [0.1, 0.15) is 5.75 Å². The standard InChI is InChI=1S/C18H20N2O5/c1-12(18(23)20-19-16(21)9-10-17(22)24-2)25-15-8-7-13-5-3-4-6-14(13)11-15/h3-8,11-12H,9-10H2,1-2H3,(H,19,21)(H,20,23)/t12-/m0/s1. The summed E-state index contributed by atoms with van der Waals surface area (Å²) in [6.07, 6.45) is -0.934. The highest BCUT2D eigenvalue weighted by Gasteiger charge is 2.16. The van der Waals surface area contributed by atoms with Gasteiger partial charge in [-0.15, -0.1) is 0 Å². The van der Waals surface area contributed by atoms with Crippen molar-refractivity contribution in [1.82, 2.24) is 10.9 Å². The predicted octanol–water partition coefficient (Wildman–Crippen LogP) is 1.71. The normalized spacial score (nSPS) is 11.4. The van der Waals surface area contributed by atoms with Crippen molar-refractivity contribution in [2.24, 2.45) is 0 Å². The van der Waals surface area contributed by atoms with E-state index in [1.54, 1.807) is 13.0 Å². The highest BCUT2D eigenvalue weighted by atomic mass is 16.5. The van der Waals surface area contributed by atoms with Crippen LogP contribution in [0.3, 0.4) is 0 Å². The Morgan fingerprint density at radius 3 is 2.44 bits per heavy atom. The van der Waals surface area contributed by atoms with Gasteiger partial charge in [0.25, 0.3) is 5.91 Å². The van der Waals surface area contributed by atoms with Crippen molar-refractivity contribution < 1.29 is 23.9 Å². The van der Waals surface area contributed by atoms with Crippen LogP contribution in [0, 0.1) is 0 Å². The number of hydrazine groups is 1. The number of hydrogen-bond acceptors (Lipinski definition) is 5. The van der Waals surface area contributed by atoms with Crippen molar-refractivity contribution >= 4 is 28.6 Å². The van der Waals surface area contributed by atoms with Crippen LogP contribution >= 0.6 is 0 Å². The summed E-state index contributed by atoms with van der Waals surface area (Å²) < 4.78 is 10.0. The van der Waals surface area contributed by atoms with Gasteiger partial charge in [-0.3, -0.25) is 25.2 Å². The summed E-state index contributed by atoms with van der Waals surface area (Å²) in [6.45, 7) is 1.57. The van der Waals surface area contributed by atoms with Gasteiger partial charge in [0.2, 0.25) is 5.91 Å². The first kappa shape index (κ1) is 18.3. The molecule has 25 heavy (non-hydrogen) atoms. The molecule has 7 nitrogen and oxygen atoms in total. The molecule has 7 heteroatoms. The van der Waals surface area contributed by atoms with Crippen LogP contribution in [0.2, 0.25) is 0 Å². The molecule has 0 spiro atoms. The van der Waals surface area contributed by atoms with E-state index >= 15 is 0 Å². The molecule has 2 aromatic carbocycles. The molecule has 2 aromatic rings. The average Bonchev–Trinajstić information content (AvgIpc) is 2.63. The summed E-state index contributed by atoms with van der Waals surface area (Å²) in [5.41, 5.74) is 4.50. The van der Waals surface area contributed by atoms with E-state index in [4.69, 9.17) is 4.74 Å². The largest absolute Gasteiger partial charge is 0.481 e. The van der Waals surface area contributed by atoms with Crippen molar-refractivity contribution in [3.8, 4) is 5.75 Å². The molecule has 0 heterocycles. The van der Waals surface area contributed by atoms with Crippen LogP contribution in [0.4, 0.5) is 0 Å². The highest BCUT2D eigenvalue weighted by molar-refractivity contribution is 5.86. The van der Waals surface area contributed by atoms with Gasteiger partial charge in [-0.1, -0.05) is 30.3 Å². The molecule has 0 aliphatic rings. The van der Waals surface area contributed by atoms with Crippen LogP contribution in [0.15, 0.2) is 42.5 Å². The van der Waals surface area contributed by atoms with E-state index in [9.17, 15) is 14.4 Å². The first-order valence-electron chi connectivity index (χ1n) is 7.80. The van der Waals surface area contributed by atoms with Gasteiger partial charge >= 0.3 is 5.97 Å². The molecule has 1 atom stereocenters. The van der Waals surface area contributed by atoms with Crippen LogP contribution in [0.25, 0.3) is 10.8 Å². The Labute approximate surface area is 145 Å². The second-order valence-electron chi connectivity index (χ2n) is 5.38. The molecule has 0 unspecified atom stereocenters. The van der Waals surface area contributed by atoms with E-state index < -0.39 is 23.9 Å². The monoisotopic (exact) mass is 344 g/mol. The predicted molar refractivity (Wildman–Crippen MR) is 91.6 cm³/mol. The Morgan fingerprint density at radius 1 is 1.00 bits per heavy atom. The van der Waals surface area contributed by atoms with E-state index in [1.807, 2.05) is 36.4 Å². The molecule has 0 saturated heterocycles. The SMILES string of the molecule is COC(=O)CCC(=O)NNC(=O)[C@H](C)Oc1ccc2ccccc2c1. The molecular weight excluding hydrogens is 324 g/mol. The maximum absolute atomic E-state index is 12.0. The van der Waals surface area contributed by atoms with Gasteiger partial charge in [-0.2, -0.15) is 0 Å². The summed E-state index contributed by atoms with van der Waals surface area (Å²) in [6, 6.07) is 13.3. The minimum absolute atomic E-state index is 0.0542. The highest BCUT2D eigenvalue weighted by Crippen LogP contribution is 2.21. The molecular formula is C18H20N2O5. The lowest BCUT2D eigenvalue weighted by molar-refractivity contribution is -0.142. The fourth-order valence-corrected chi connectivity index (χ4v) is 2.11. The number of benzene rings is 2. The second kappa shape index (κ2) is 8.68. The maximum atomic E-state index is 12.0. The molecule has 0 aliphatic carbocycles. The van der Waals surface area contributed by atoms with Crippen molar-refractivity contribution in [1.29, 1.82) is 0 Å². The Balaban J connectivity index is 1.82. The number of carbonyl (C=O) groups excluding carboxylic acids is 3. The number of fused-ring (bicyclic) bond motifs is 1. The Bertz CT molecular complexity index is 775. The lowest BCUT2D eigenvalue weighted by Gasteiger charge is -2.15. The zero-order valence-corrected chi connectivity index (χ0v) is 14.1. The van der Waals surface area contributed by atoms with Gasteiger partial charge in [0, 0.05) is 6.42 Å². The van der Waals surface area contributed by atoms with Crippen molar-refractivity contribution in [3.63, 3.8) is 0 Å². The first-order chi connectivity index (χ1) is 12.0. The number of esters is 1. The first-order valence-corrected chi connectivity index (χ1v) is 7.80. The number of rotatable bonds is 6. The molecule has 0 bridgehead atoms. The summed E-state index contributed by atoms with van der Waals surface area (Å²) in [4.78, 5) is 34.4. The number of ether oxygens (including phenoxy) is 2. The minimum Gasteiger partial charge on any atom is -0.481 e. The summed E-state index contributed by atoms with van der Waals surface area (Å²) in [5.74, 6) is -0.927. The number of carbonyl (C=O) groups is 3. The van der Waals surface area contributed by atoms with Gasteiger partial charge in [0.05, 0.1) is 13.5 Å². The van der Waals surface area contributed by atoms with E-state index in [1.165, 1.54) is 7.11 Å². The maximum Gasteiger partial charge on any atom is 0.306 e. The summed E-state index contributed by atoms with van der Waals surface area (Å²) >= 11 is 0. The second-order valence-corrected chi connectivity index (χ2v) is 5.38. The molecule has 0 fully saturated rings. The molecule has 132 valence electrons. The molecule has 2 N–H and O–H groups in total. The number of hydrogen-bond donors (Lipinski definition) is 2. The van der Waals surface area contributed by atoms with Crippen molar-refractivity contribution in [3.05, 3.63) is 42.5 Å². The number of methoxy groups -OCH3 is 1. The minimum atomic E-state index is -0.804. The Morgan fingerprint density at radius 2 is 1.72 bits per heavy atom. The van der Waals surface area contributed by atoms with Crippen molar-refractivity contribution in [2.45, 2.75) is 25.9 Å². The lowest BCUT2D eigenvalue weighted by Crippen LogP contribution is -2.47. The summed E-state index contributed by atoms with van der Waals surface area (Å²) in [7, 11) is 1.24. The fraction of sp³-hybridized carbons (Fsp3) is 0.278. The van der Waals surface area contributed by atoms with E-state index in [2.05, 4.69) is 15.6 Å². The van der Waals surface area contributed by atoms with E-state index in [0.29, 0.717) is 5.75 Å². The smallest absolute Gasteiger partial charge is 0.306 e. The zero-order chi connectivity index (χ0) is 18.2. The van der Waals surface area contributed by atoms with Crippen LogP contribution in [0.1, 0.15) is 19.8 Å². The molecule has 2 rings (SSSR count).